The molecule has 19 heavy (non-hydrogen) atoms. The molecular weight excluding hydrogens is 242 g/mol. The second-order valence-corrected chi connectivity index (χ2v) is 5.15. The molecule has 4 heteroatoms. The van der Waals surface area contributed by atoms with E-state index in [1.807, 2.05) is 37.3 Å². The molecule has 0 bridgehead atoms. The Bertz CT molecular complexity index is 452. The highest BCUT2D eigenvalue weighted by Crippen LogP contribution is 2.30. The van der Waals surface area contributed by atoms with Crippen LogP contribution in [0.2, 0.25) is 0 Å². The Kier molecular flexibility index (Phi) is 4.20. The Hall–Kier alpha value is -1.41. The van der Waals surface area contributed by atoms with Crippen LogP contribution in [0.25, 0.3) is 0 Å². The van der Waals surface area contributed by atoms with Gasteiger partial charge in [0.25, 0.3) is 0 Å². The van der Waals surface area contributed by atoms with Gasteiger partial charge in [-0.15, -0.1) is 0 Å². The molecule has 3 atom stereocenters. The highest BCUT2D eigenvalue weighted by atomic mass is 16.8. The number of benzene rings is 1. The van der Waals surface area contributed by atoms with Crippen molar-refractivity contribution < 1.29 is 14.2 Å². The number of hydrogen-bond acceptors (Lipinski definition) is 4. The topological polar surface area (TPSA) is 51.5 Å². The second kappa shape index (κ2) is 5.70. The summed E-state index contributed by atoms with van der Waals surface area (Å²) in [5.41, 5.74) is 1.10. The second-order valence-electron chi connectivity index (χ2n) is 5.15. The van der Waals surface area contributed by atoms with E-state index >= 15 is 0 Å². The average molecular weight is 261 g/mol. The summed E-state index contributed by atoms with van der Waals surface area (Å²) in [6, 6.07) is 12.0. The molecule has 0 N–H and O–H groups in total. The van der Waals surface area contributed by atoms with Gasteiger partial charge in [0, 0.05) is 0 Å². The SMILES string of the molecule is C[C@H](OCc1ccccc1)[C@H]1OC(C)(C)O[C@@H]1C#N. The first-order valence-electron chi connectivity index (χ1n) is 6.42. The quantitative estimate of drug-likeness (QED) is 0.836. The van der Waals surface area contributed by atoms with Gasteiger partial charge in [-0.2, -0.15) is 5.26 Å². The summed E-state index contributed by atoms with van der Waals surface area (Å²) in [4.78, 5) is 0. The molecule has 1 aliphatic rings. The standard InChI is InChI=1S/C15H19NO3/c1-11(17-10-12-7-5-4-6-8-12)14-13(9-16)18-15(2,3)19-14/h4-8,11,13-14H,10H2,1-3H3/t11-,13+,14+/m0/s1. The summed E-state index contributed by atoms with van der Waals surface area (Å²) < 4.78 is 17.0. The van der Waals surface area contributed by atoms with E-state index in [2.05, 4.69) is 6.07 Å². The van der Waals surface area contributed by atoms with Crippen LogP contribution in [0.5, 0.6) is 0 Å². The van der Waals surface area contributed by atoms with Crippen molar-refractivity contribution in [3.8, 4) is 6.07 Å². The third-order valence-corrected chi connectivity index (χ3v) is 3.07. The molecule has 0 radical (unpaired) electrons. The van der Waals surface area contributed by atoms with Crippen LogP contribution in [0.3, 0.4) is 0 Å². The zero-order valence-corrected chi connectivity index (χ0v) is 11.5. The van der Waals surface area contributed by atoms with Crippen LogP contribution in [-0.4, -0.2) is 24.1 Å². The summed E-state index contributed by atoms with van der Waals surface area (Å²) in [5, 5.41) is 9.09. The molecule has 0 amide bonds. The minimum Gasteiger partial charge on any atom is -0.371 e. The molecule has 0 spiro atoms. The molecular formula is C15H19NO3. The lowest BCUT2D eigenvalue weighted by Gasteiger charge is -2.22. The minimum atomic E-state index is -0.727. The first-order valence-corrected chi connectivity index (χ1v) is 6.42. The van der Waals surface area contributed by atoms with E-state index in [9.17, 15) is 0 Å². The van der Waals surface area contributed by atoms with Gasteiger partial charge in [-0.25, -0.2) is 0 Å². The van der Waals surface area contributed by atoms with E-state index in [0.717, 1.165) is 5.56 Å². The summed E-state index contributed by atoms with van der Waals surface area (Å²) in [6.07, 6.45) is -1.14. The van der Waals surface area contributed by atoms with Crippen molar-refractivity contribution in [3.63, 3.8) is 0 Å². The summed E-state index contributed by atoms with van der Waals surface area (Å²) in [7, 11) is 0. The zero-order chi connectivity index (χ0) is 13.9. The van der Waals surface area contributed by atoms with Gasteiger partial charge >= 0.3 is 0 Å². The molecule has 4 nitrogen and oxygen atoms in total. The maximum absolute atomic E-state index is 9.09. The largest absolute Gasteiger partial charge is 0.371 e. The van der Waals surface area contributed by atoms with Crippen LogP contribution in [0.15, 0.2) is 30.3 Å². The van der Waals surface area contributed by atoms with Crippen molar-refractivity contribution in [2.75, 3.05) is 0 Å². The monoisotopic (exact) mass is 261 g/mol. The molecule has 0 saturated carbocycles. The van der Waals surface area contributed by atoms with Gasteiger partial charge in [-0.05, 0) is 26.3 Å². The predicted molar refractivity (Wildman–Crippen MR) is 70.1 cm³/mol. The molecule has 0 aromatic heterocycles. The fraction of sp³-hybridized carbons (Fsp3) is 0.533. The van der Waals surface area contributed by atoms with Crippen molar-refractivity contribution >= 4 is 0 Å². The van der Waals surface area contributed by atoms with Crippen LogP contribution in [0.1, 0.15) is 26.3 Å². The summed E-state index contributed by atoms with van der Waals surface area (Å²) >= 11 is 0. The fourth-order valence-electron chi connectivity index (χ4n) is 2.13. The Morgan fingerprint density at radius 2 is 2.00 bits per heavy atom. The van der Waals surface area contributed by atoms with Gasteiger partial charge in [0.1, 0.15) is 6.10 Å². The lowest BCUT2D eigenvalue weighted by atomic mass is 10.1. The summed E-state index contributed by atoms with van der Waals surface area (Å²) in [6.45, 7) is 6.02. The number of nitrogens with zero attached hydrogens (tertiary/aromatic N) is 1. The number of ether oxygens (including phenoxy) is 3. The zero-order valence-electron chi connectivity index (χ0n) is 11.5. The highest BCUT2D eigenvalue weighted by Gasteiger charge is 2.44. The lowest BCUT2D eigenvalue weighted by molar-refractivity contribution is -0.157. The Morgan fingerprint density at radius 3 is 2.63 bits per heavy atom. The molecule has 0 aliphatic carbocycles. The molecule has 1 saturated heterocycles. The molecule has 1 aliphatic heterocycles. The fourth-order valence-corrected chi connectivity index (χ4v) is 2.13. The van der Waals surface area contributed by atoms with E-state index in [4.69, 9.17) is 19.5 Å². The molecule has 1 aromatic rings. The minimum absolute atomic E-state index is 0.202. The first kappa shape index (κ1) is 14.0. The molecule has 102 valence electrons. The molecule has 0 unspecified atom stereocenters. The predicted octanol–water partition coefficient (Wildman–Crippen LogP) is 2.64. The Labute approximate surface area is 113 Å². The lowest BCUT2D eigenvalue weighted by Crippen LogP contribution is -2.34. The van der Waals surface area contributed by atoms with Gasteiger partial charge in [0.2, 0.25) is 0 Å². The smallest absolute Gasteiger partial charge is 0.175 e. The third-order valence-electron chi connectivity index (χ3n) is 3.07. The maximum Gasteiger partial charge on any atom is 0.175 e. The molecule has 1 heterocycles. The summed E-state index contributed by atoms with van der Waals surface area (Å²) in [5.74, 6) is -0.727. The van der Waals surface area contributed by atoms with Gasteiger partial charge in [-0.3, -0.25) is 0 Å². The van der Waals surface area contributed by atoms with Crippen LogP contribution in [0, 0.1) is 11.3 Å². The van der Waals surface area contributed by atoms with Crippen molar-refractivity contribution in [2.45, 2.75) is 51.5 Å². The Morgan fingerprint density at radius 1 is 1.32 bits per heavy atom. The van der Waals surface area contributed by atoms with Crippen molar-refractivity contribution in [1.82, 2.24) is 0 Å². The van der Waals surface area contributed by atoms with Crippen molar-refractivity contribution in [3.05, 3.63) is 35.9 Å². The number of hydrogen-bond donors (Lipinski definition) is 0. The van der Waals surface area contributed by atoms with Crippen LogP contribution in [-0.2, 0) is 20.8 Å². The molecule has 1 fully saturated rings. The van der Waals surface area contributed by atoms with Gasteiger partial charge in [0.05, 0.1) is 18.8 Å². The van der Waals surface area contributed by atoms with E-state index in [1.165, 1.54) is 0 Å². The van der Waals surface area contributed by atoms with E-state index in [0.29, 0.717) is 6.61 Å². The van der Waals surface area contributed by atoms with Crippen molar-refractivity contribution in [1.29, 1.82) is 5.26 Å². The third kappa shape index (κ3) is 3.54. The first-order chi connectivity index (χ1) is 9.02. The van der Waals surface area contributed by atoms with Crippen molar-refractivity contribution in [2.24, 2.45) is 0 Å². The van der Waals surface area contributed by atoms with Gasteiger partial charge in [0.15, 0.2) is 11.9 Å². The number of nitriles is 1. The van der Waals surface area contributed by atoms with Crippen LogP contribution >= 0.6 is 0 Å². The van der Waals surface area contributed by atoms with Crippen LogP contribution in [0.4, 0.5) is 0 Å². The van der Waals surface area contributed by atoms with E-state index < -0.39 is 11.9 Å². The highest BCUT2D eigenvalue weighted by molar-refractivity contribution is 5.13. The van der Waals surface area contributed by atoms with Gasteiger partial charge < -0.3 is 14.2 Å². The molecule has 2 rings (SSSR count). The van der Waals surface area contributed by atoms with E-state index in [-0.39, 0.29) is 12.2 Å². The maximum atomic E-state index is 9.09. The van der Waals surface area contributed by atoms with Crippen LogP contribution < -0.4 is 0 Å². The van der Waals surface area contributed by atoms with Gasteiger partial charge in [-0.1, -0.05) is 30.3 Å². The number of rotatable bonds is 4. The average Bonchev–Trinajstić information content (AvgIpc) is 2.72. The molecule has 1 aromatic carbocycles. The Balaban J connectivity index is 1.93. The van der Waals surface area contributed by atoms with E-state index in [1.54, 1.807) is 13.8 Å². The normalized spacial score (nSPS) is 26.8.